The zero-order valence-electron chi connectivity index (χ0n) is 10.5. The van der Waals surface area contributed by atoms with Gasteiger partial charge < -0.3 is 16.5 Å². The average Bonchev–Trinajstić information content (AvgIpc) is 2.88. The number of rotatable bonds is 3. The molecular weight excluding hydrogens is 268 g/mol. The number of hydrogen-bond donors (Lipinski definition) is 4. The molecule has 2 rings (SSSR count). The molecule has 0 atom stereocenters. The van der Waals surface area contributed by atoms with Crippen LogP contribution in [0.1, 0.15) is 0 Å². The van der Waals surface area contributed by atoms with Crippen molar-refractivity contribution in [3.63, 3.8) is 0 Å². The first-order valence-electron chi connectivity index (χ1n) is 5.42. The second-order valence-corrected chi connectivity index (χ2v) is 3.91. The van der Waals surface area contributed by atoms with Crippen LogP contribution in [0.15, 0.2) is 21.0 Å². The molecule has 0 unspecified atom stereocenters. The lowest BCUT2D eigenvalue weighted by molar-refractivity contribution is -0.121. The molecule has 0 aliphatic carbocycles. The van der Waals surface area contributed by atoms with Crippen LogP contribution in [-0.4, -0.2) is 31.0 Å². The average molecular weight is 280 g/mol. The third-order valence-electron chi connectivity index (χ3n) is 2.53. The summed E-state index contributed by atoms with van der Waals surface area (Å²) in [7, 11) is 1.44. The number of fused-ring (bicyclic) bond motifs is 1. The zero-order chi connectivity index (χ0) is 14.9. The Kier molecular flexibility index (Phi) is 3.25. The van der Waals surface area contributed by atoms with Crippen molar-refractivity contribution in [2.75, 3.05) is 0 Å². The van der Waals surface area contributed by atoms with Crippen molar-refractivity contribution in [2.24, 2.45) is 23.6 Å². The molecule has 0 fully saturated rings. The van der Waals surface area contributed by atoms with Crippen molar-refractivity contribution in [1.82, 2.24) is 24.5 Å². The molecule has 1 amide bonds. The fraction of sp³-hybridized carbons (Fsp3) is 0.222. The van der Waals surface area contributed by atoms with Crippen LogP contribution in [0.5, 0.6) is 0 Å². The van der Waals surface area contributed by atoms with Crippen LogP contribution in [0.4, 0.5) is 0 Å². The number of nitrogens with zero attached hydrogens (tertiary/aromatic N) is 4. The van der Waals surface area contributed by atoms with E-state index in [9.17, 15) is 14.4 Å². The van der Waals surface area contributed by atoms with Crippen LogP contribution in [0.2, 0.25) is 0 Å². The number of guanidine groups is 1. The van der Waals surface area contributed by atoms with Gasteiger partial charge in [-0.3, -0.25) is 14.2 Å². The maximum Gasteiger partial charge on any atom is 0.332 e. The molecule has 20 heavy (non-hydrogen) atoms. The van der Waals surface area contributed by atoms with E-state index in [-0.39, 0.29) is 17.1 Å². The summed E-state index contributed by atoms with van der Waals surface area (Å²) >= 11 is 0. The number of H-pyrrole nitrogens is 1. The molecule has 0 bridgehead atoms. The molecule has 106 valence electrons. The third kappa shape index (κ3) is 2.23. The Hall–Kier alpha value is -3.11. The van der Waals surface area contributed by atoms with Crippen LogP contribution < -0.4 is 28.1 Å². The molecule has 0 aliphatic rings. The molecule has 0 saturated heterocycles. The van der Waals surface area contributed by atoms with Crippen LogP contribution >= 0.6 is 0 Å². The highest BCUT2D eigenvalue weighted by Gasteiger charge is 2.15. The van der Waals surface area contributed by atoms with Crippen molar-refractivity contribution in [1.29, 1.82) is 0 Å². The van der Waals surface area contributed by atoms with Gasteiger partial charge in [0.05, 0.1) is 6.33 Å². The Balaban J connectivity index is 2.45. The second kappa shape index (κ2) is 4.87. The van der Waals surface area contributed by atoms with Crippen LogP contribution in [0.25, 0.3) is 11.2 Å². The van der Waals surface area contributed by atoms with Crippen molar-refractivity contribution >= 4 is 23.0 Å². The summed E-state index contributed by atoms with van der Waals surface area (Å²) in [4.78, 5) is 42.1. The fourth-order valence-electron chi connectivity index (χ4n) is 1.64. The highest BCUT2D eigenvalue weighted by Crippen LogP contribution is 1.98. The van der Waals surface area contributed by atoms with Gasteiger partial charge in [0, 0.05) is 7.05 Å². The highest BCUT2D eigenvalue weighted by atomic mass is 16.2. The Morgan fingerprint density at radius 3 is 2.85 bits per heavy atom. The largest absolute Gasteiger partial charge is 0.369 e. The smallest absolute Gasteiger partial charge is 0.332 e. The summed E-state index contributed by atoms with van der Waals surface area (Å²) in [6, 6.07) is 0. The molecule has 0 aliphatic heterocycles. The number of carbonyl (C=O) groups is 1. The van der Waals surface area contributed by atoms with Crippen LogP contribution in [0.3, 0.4) is 0 Å². The molecule has 0 aromatic carbocycles. The van der Waals surface area contributed by atoms with E-state index in [1.807, 2.05) is 5.43 Å². The molecule has 0 spiro atoms. The van der Waals surface area contributed by atoms with E-state index >= 15 is 0 Å². The van der Waals surface area contributed by atoms with E-state index in [1.165, 1.54) is 13.4 Å². The molecular formula is C9H12N8O3. The SMILES string of the molecule is Cn1c(=O)n(CC(=O)NN=C(N)N)c(=O)c2[nH]cnc21. The number of aryl methyl sites for hydroxylation is 1. The van der Waals surface area contributed by atoms with Gasteiger partial charge in [0.1, 0.15) is 12.1 Å². The Bertz CT molecular complexity index is 807. The van der Waals surface area contributed by atoms with Crippen molar-refractivity contribution < 1.29 is 4.79 Å². The van der Waals surface area contributed by atoms with Crippen LogP contribution in [0, 0.1) is 0 Å². The summed E-state index contributed by atoms with van der Waals surface area (Å²) < 4.78 is 1.90. The van der Waals surface area contributed by atoms with E-state index in [1.54, 1.807) is 0 Å². The Morgan fingerprint density at radius 2 is 2.20 bits per heavy atom. The van der Waals surface area contributed by atoms with Gasteiger partial charge in [-0.05, 0) is 0 Å². The summed E-state index contributed by atoms with van der Waals surface area (Å²) in [5, 5.41) is 3.28. The number of nitrogens with two attached hydrogens (primary N) is 2. The lowest BCUT2D eigenvalue weighted by atomic mass is 10.5. The maximum absolute atomic E-state index is 12.0. The minimum atomic E-state index is -0.712. The molecule has 0 saturated carbocycles. The number of imidazole rings is 1. The Morgan fingerprint density at radius 1 is 1.50 bits per heavy atom. The first-order chi connectivity index (χ1) is 9.41. The lowest BCUT2D eigenvalue weighted by Crippen LogP contribution is -2.43. The van der Waals surface area contributed by atoms with Gasteiger partial charge in [-0.15, -0.1) is 5.10 Å². The Labute approximate surface area is 110 Å². The molecule has 11 nitrogen and oxygen atoms in total. The number of aromatic amines is 1. The first kappa shape index (κ1) is 13.3. The molecule has 2 aromatic heterocycles. The van der Waals surface area contributed by atoms with Gasteiger partial charge in [-0.25, -0.2) is 19.8 Å². The summed E-state index contributed by atoms with van der Waals surface area (Å²) in [6.07, 6.45) is 1.29. The lowest BCUT2D eigenvalue weighted by Gasteiger charge is -2.06. The van der Waals surface area contributed by atoms with Gasteiger partial charge in [-0.1, -0.05) is 0 Å². The number of carbonyl (C=O) groups excluding carboxylic acids is 1. The quantitative estimate of drug-likeness (QED) is 0.261. The molecule has 11 heteroatoms. The van der Waals surface area contributed by atoms with Gasteiger partial charge in [0.25, 0.3) is 11.5 Å². The second-order valence-electron chi connectivity index (χ2n) is 3.91. The molecule has 6 N–H and O–H groups in total. The van der Waals surface area contributed by atoms with Gasteiger partial charge in [0.2, 0.25) is 5.96 Å². The van der Waals surface area contributed by atoms with Crippen molar-refractivity contribution in [3.05, 3.63) is 27.2 Å². The fourth-order valence-corrected chi connectivity index (χ4v) is 1.64. The van der Waals surface area contributed by atoms with E-state index < -0.39 is 23.7 Å². The predicted octanol–water partition coefficient (Wildman–Crippen LogP) is -3.27. The highest BCUT2D eigenvalue weighted by molar-refractivity contribution is 5.80. The standard InChI is InChI=1S/C9H12N8O3/c1-16-6-5(12-3-13-6)7(19)17(9(16)20)2-4(18)14-15-8(10)11/h3H,2H2,1H3,(H,12,13)(H,14,18)(H4,10,11,15). The van der Waals surface area contributed by atoms with Crippen molar-refractivity contribution in [3.8, 4) is 0 Å². The summed E-state index contributed by atoms with van der Waals surface area (Å²) in [5.74, 6) is -1.06. The van der Waals surface area contributed by atoms with E-state index in [2.05, 4.69) is 15.1 Å². The van der Waals surface area contributed by atoms with E-state index in [0.717, 1.165) is 9.13 Å². The summed E-state index contributed by atoms with van der Waals surface area (Å²) in [5.41, 5.74) is 11.1. The predicted molar refractivity (Wildman–Crippen MR) is 69.5 cm³/mol. The minimum Gasteiger partial charge on any atom is -0.369 e. The minimum absolute atomic E-state index is 0.127. The van der Waals surface area contributed by atoms with E-state index in [4.69, 9.17) is 11.5 Å². The number of nitrogens with one attached hydrogen (secondary N) is 2. The number of hydrazone groups is 1. The van der Waals surface area contributed by atoms with Gasteiger partial charge in [0.15, 0.2) is 5.65 Å². The van der Waals surface area contributed by atoms with Gasteiger partial charge >= 0.3 is 5.69 Å². The maximum atomic E-state index is 12.0. The van der Waals surface area contributed by atoms with Crippen LogP contribution in [-0.2, 0) is 18.4 Å². The topological polar surface area (TPSA) is 166 Å². The first-order valence-corrected chi connectivity index (χ1v) is 5.42. The monoisotopic (exact) mass is 280 g/mol. The number of hydrogen-bond acceptors (Lipinski definition) is 5. The zero-order valence-corrected chi connectivity index (χ0v) is 10.5. The number of amides is 1. The molecule has 2 heterocycles. The third-order valence-corrected chi connectivity index (χ3v) is 2.53. The van der Waals surface area contributed by atoms with Gasteiger partial charge in [-0.2, -0.15) is 0 Å². The number of aromatic nitrogens is 4. The summed E-state index contributed by atoms with van der Waals surface area (Å²) in [6.45, 7) is -0.517. The van der Waals surface area contributed by atoms with Crippen molar-refractivity contribution in [2.45, 2.75) is 6.54 Å². The van der Waals surface area contributed by atoms with E-state index in [0.29, 0.717) is 0 Å². The molecule has 2 aromatic rings. The normalized spacial score (nSPS) is 10.4. The molecule has 0 radical (unpaired) electrons.